The van der Waals surface area contributed by atoms with Gasteiger partial charge in [-0.25, -0.2) is 4.79 Å². The fourth-order valence-electron chi connectivity index (χ4n) is 1.65. The van der Waals surface area contributed by atoms with Crippen molar-refractivity contribution in [3.8, 4) is 0 Å². The highest BCUT2D eigenvalue weighted by molar-refractivity contribution is 5.90. The fourth-order valence-corrected chi connectivity index (χ4v) is 1.65. The van der Waals surface area contributed by atoms with Gasteiger partial charge in [0.25, 0.3) is 0 Å². The molecule has 2 amide bonds. The number of hydrogen-bond donors (Lipinski definition) is 3. The lowest BCUT2D eigenvalue weighted by Crippen LogP contribution is -2.31. The van der Waals surface area contributed by atoms with E-state index in [4.69, 9.17) is 9.84 Å². The molecule has 0 atom stereocenters. The molecule has 20 heavy (non-hydrogen) atoms. The van der Waals surface area contributed by atoms with Crippen LogP contribution in [0, 0.1) is 0 Å². The van der Waals surface area contributed by atoms with E-state index in [1.165, 1.54) is 0 Å². The molecule has 0 unspecified atom stereocenters. The zero-order valence-electron chi connectivity index (χ0n) is 11.5. The van der Waals surface area contributed by atoms with Crippen molar-refractivity contribution in [2.45, 2.75) is 19.8 Å². The van der Waals surface area contributed by atoms with Crippen molar-refractivity contribution in [1.29, 1.82) is 0 Å². The van der Waals surface area contributed by atoms with E-state index in [0.29, 0.717) is 31.9 Å². The maximum absolute atomic E-state index is 11.7. The average molecular weight is 280 g/mol. The number of hydrogen-bond acceptors (Lipinski definition) is 3. The van der Waals surface area contributed by atoms with Gasteiger partial charge in [-0.3, -0.25) is 4.79 Å². The number of carboxylic acid groups (broad SMARTS) is 1. The first kappa shape index (κ1) is 16.0. The molecule has 0 radical (unpaired) electrons. The molecule has 1 aromatic rings. The quantitative estimate of drug-likeness (QED) is 0.634. The topological polar surface area (TPSA) is 87.7 Å². The van der Waals surface area contributed by atoms with Gasteiger partial charge in [0.15, 0.2) is 0 Å². The van der Waals surface area contributed by atoms with E-state index < -0.39 is 5.97 Å². The lowest BCUT2D eigenvalue weighted by molar-refractivity contribution is -0.136. The Labute approximate surface area is 118 Å². The van der Waals surface area contributed by atoms with Crippen molar-refractivity contribution in [3.05, 3.63) is 29.8 Å². The van der Waals surface area contributed by atoms with Crippen LogP contribution in [0.5, 0.6) is 0 Å². The second-order valence-electron chi connectivity index (χ2n) is 4.13. The highest BCUT2D eigenvalue weighted by Gasteiger charge is 2.07. The number of nitrogens with one attached hydrogen (secondary N) is 2. The van der Waals surface area contributed by atoms with Gasteiger partial charge in [-0.15, -0.1) is 0 Å². The van der Waals surface area contributed by atoms with E-state index in [1.807, 2.05) is 13.0 Å². The molecule has 0 aliphatic heterocycles. The average Bonchev–Trinajstić information content (AvgIpc) is 2.42. The van der Waals surface area contributed by atoms with Crippen molar-refractivity contribution in [2.75, 3.05) is 25.1 Å². The number of rotatable bonds is 8. The Morgan fingerprint density at radius 2 is 2.05 bits per heavy atom. The van der Waals surface area contributed by atoms with Gasteiger partial charge in [0.05, 0.1) is 6.61 Å². The molecular formula is C14H20N2O4. The molecule has 0 saturated carbocycles. The first-order valence-electron chi connectivity index (χ1n) is 6.55. The number of carboxylic acids is 1. The monoisotopic (exact) mass is 280 g/mol. The smallest absolute Gasteiger partial charge is 0.319 e. The maximum Gasteiger partial charge on any atom is 0.319 e. The molecule has 0 bridgehead atoms. The number of carbonyl (C=O) groups excluding carboxylic acids is 1. The van der Waals surface area contributed by atoms with Crippen LogP contribution in [0.25, 0.3) is 0 Å². The minimum absolute atomic E-state index is 0.0324. The molecule has 0 aliphatic rings. The molecule has 1 aromatic carbocycles. The lowest BCUT2D eigenvalue weighted by atomic mass is 10.1. The van der Waals surface area contributed by atoms with Gasteiger partial charge in [0.2, 0.25) is 0 Å². The number of aliphatic carboxylic acids is 1. The molecule has 6 heteroatoms. The molecule has 6 nitrogen and oxygen atoms in total. The number of ether oxygens (including phenoxy) is 1. The third kappa shape index (κ3) is 6.19. The Hall–Kier alpha value is -2.08. The largest absolute Gasteiger partial charge is 0.481 e. The standard InChI is InChI=1S/C14H20N2O4/c1-2-20-10-9-15-14(19)16-12-6-4-3-5-11(12)7-8-13(17)18/h3-6H,2,7-10H2,1H3,(H,17,18)(H2,15,16,19). The van der Waals surface area contributed by atoms with Gasteiger partial charge in [0, 0.05) is 25.3 Å². The van der Waals surface area contributed by atoms with Crippen molar-refractivity contribution < 1.29 is 19.4 Å². The number of anilines is 1. The van der Waals surface area contributed by atoms with Crippen molar-refractivity contribution in [1.82, 2.24) is 5.32 Å². The van der Waals surface area contributed by atoms with Crippen LogP contribution in [-0.2, 0) is 16.0 Å². The van der Waals surface area contributed by atoms with Crippen LogP contribution in [0.3, 0.4) is 0 Å². The Kier molecular flexibility index (Phi) is 7.13. The number of aryl methyl sites for hydroxylation is 1. The van der Waals surface area contributed by atoms with Crippen LogP contribution in [-0.4, -0.2) is 36.9 Å². The summed E-state index contributed by atoms with van der Waals surface area (Å²) in [6, 6.07) is 6.83. The minimum atomic E-state index is -0.860. The van der Waals surface area contributed by atoms with E-state index >= 15 is 0 Å². The molecule has 110 valence electrons. The molecule has 0 spiro atoms. The van der Waals surface area contributed by atoms with Gasteiger partial charge in [0.1, 0.15) is 0 Å². The number of amides is 2. The van der Waals surface area contributed by atoms with Gasteiger partial charge < -0.3 is 20.5 Å². The summed E-state index contributed by atoms with van der Waals surface area (Å²) in [4.78, 5) is 22.3. The number of urea groups is 1. The predicted octanol–water partition coefficient (Wildman–Crippen LogP) is 1.86. The van der Waals surface area contributed by atoms with E-state index in [1.54, 1.807) is 18.2 Å². The third-order valence-electron chi connectivity index (χ3n) is 2.61. The number of benzene rings is 1. The van der Waals surface area contributed by atoms with E-state index in [2.05, 4.69) is 10.6 Å². The summed E-state index contributed by atoms with van der Waals surface area (Å²) in [5.74, 6) is -0.860. The zero-order valence-corrected chi connectivity index (χ0v) is 11.5. The summed E-state index contributed by atoms with van der Waals surface area (Å²) < 4.78 is 5.11. The van der Waals surface area contributed by atoms with Crippen LogP contribution in [0.1, 0.15) is 18.9 Å². The van der Waals surface area contributed by atoms with Gasteiger partial charge >= 0.3 is 12.0 Å². The molecule has 0 aromatic heterocycles. The van der Waals surface area contributed by atoms with Crippen LogP contribution in [0.15, 0.2) is 24.3 Å². The third-order valence-corrected chi connectivity index (χ3v) is 2.61. The van der Waals surface area contributed by atoms with E-state index in [9.17, 15) is 9.59 Å². The first-order valence-corrected chi connectivity index (χ1v) is 6.55. The molecule has 3 N–H and O–H groups in total. The summed E-state index contributed by atoms with van der Waals surface area (Å²) in [5.41, 5.74) is 1.43. The van der Waals surface area contributed by atoms with Gasteiger partial charge in [-0.05, 0) is 25.0 Å². The Morgan fingerprint density at radius 3 is 2.75 bits per heavy atom. The molecule has 0 aliphatic carbocycles. The van der Waals surface area contributed by atoms with Crippen LogP contribution < -0.4 is 10.6 Å². The summed E-state index contributed by atoms with van der Waals surface area (Å²) in [6.07, 6.45) is 0.412. The van der Waals surface area contributed by atoms with Crippen LogP contribution in [0.2, 0.25) is 0 Å². The van der Waals surface area contributed by atoms with Gasteiger partial charge in [-0.1, -0.05) is 18.2 Å². The maximum atomic E-state index is 11.7. The summed E-state index contributed by atoms with van der Waals surface area (Å²) in [7, 11) is 0. The normalized spacial score (nSPS) is 10.1. The second-order valence-corrected chi connectivity index (χ2v) is 4.13. The Morgan fingerprint density at radius 1 is 1.30 bits per heavy atom. The zero-order chi connectivity index (χ0) is 14.8. The SMILES string of the molecule is CCOCCNC(=O)Nc1ccccc1CCC(=O)O. The summed E-state index contributed by atoms with van der Waals surface area (Å²) in [6.45, 7) is 3.39. The number of para-hydroxylation sites is 1. The van der Waals surface area contributed by atoms with Crippen LogP contribution in [0.4, 0.5) is 10.5 Å². The first-order chi connectivity index (χ1) is 9.63. The van der Waals surface area contributed by atoms with Crippen LogP contribution >= 0.6 is 0 Å². The lowest BCUT2D eigenvalue weighted by Gasteiger charge is -2.11. The summed E-state index contributed by atoms with van der Waals surface area (Å²) >= 11 is 0. The summed E-state index contributed by atoms with van der Waals surface area (Å²) in [5, 5.41) is 14.1. The minimum Gasteiger partial charge on any atom is -0.481 e. The molecule has 0 fully saturated rings. The van der Waals surface area contributed by atoms with Gasteiger partial charge in [-0.2, -0.15) is 0 Å². The molecular weight excluding hydrogens is 260 g/mol. The van der Waals surface area contributed by atoms with Crippen molar-refractivity contribution in [3.63, 3.8) is 0 Å². The molecule has 0 saturated heterocycles. The van der Waals surface area contributed by atoms with Crippen molar-refractivity contribution in [2.24, 2.45) is 0 Å². The second kappa shape index (κ2) is 8.92. The Bertz CT molecular complexity index is 449. The predicted molar refractivity (Wildman–Crippen MR) is 75.9 cm³/mol. The molecule has 1 rings (SSSR count). The van der Waals surface area contributed by atoms with E-state index in [-0.39, 0.29) is 12.5 Å². The number of carbonyl (C=O) groups is 2. The van der Waals surface area contributed by atoms with E-state index in [0.717, 1.165) is 5.56 Å². The highest BCUT2D eigenvalue weighted by atomic mass is 16.5. The van der Waals surface area contributed by atoms with Crippen molar-refractivity contribution >= 4 is 17.7 Å². The molecule has 0 heterocycles. The fraction of sp³-hybridized carbons (Fsp3) is 0.429. The Balaban J connectivity index is 2.49. The highest BCUT2D eigenvalue weighted by Crippen LogP contribution is 2.16.